The summed E-state index contributed by atoms with van der Waals surface area (Å²) in [7, 11) is 0. The van der Waals surface area contributed by atoms with E-state index in [1.54, 1.807) is 30.3 Å². The molecular formula is C27H23N3O5. The van der Waals surface area contributed by atoms with Gasteiger partial charge in [-0.2, -0.15) is 0 Å². The smallest absolute Gasteiger partial charge is 0.262 e. The molecule has 3 heterocycles. The molecule has 1 amide bonds. The normalized spacial score (nSPS) is 16.5. The Morgan fingerprint density at radius 1 is 1.00 bits per heavy atom. The molecule has 0 saturated carbocycles. The van der Waals surface area contributed by atoms with Gasteiger partial charge >= 0.3 is 0 Å². The molecule has 1 aromatic heterocycles. The average Bonchev–Trinajstić information content (AvgIpc) is 3.58. The first kappa shape index (κ1) is 21.4. The third kappa shape index (κ3) is 4.13. The summed E-state index contributed by atoms with van der Waals surface area (Å²) in [5.74, 6) is 1.26. The molecule has 0 radical (unpaired) electrons. The standard InChI is InChI=1S/C27H23N3O5/c31-25(17-5-2-1-3-6-17)29-27-28-22-13-18(19-9-11-23-24(14-19)35-16-34-23)8-10-21(22)26(32)30(27)15-20-7-4-12-33-20/h1-3,5-6,8-11,13-14,20H,4,7,12,15-16H2,(H,28,29,31). The number of carbonyl (C=O) groups is 1. The Labute approximate surface area is 201 Å². The highest BCUT2D eigenvalue weighted by Gasteiger charge is 2.22. The van der Waals surface area contributed by atoms with Crippen LogP contribution >= 0.6 is 0 Å². The fraction of sp³-hybridized carbons (Fsp3) is 0.222. The van der Waals surface area contributed by atoms with Crippen molar-refractivity contribution in [2.45, 2.75) is 25.5 Å². The van der Waals surface area contributed by atoms with E-state index in [1.165, 1.54) is 4.57 Å². The molecule has 0 spiro atoms. The average molecular weight is 469 g/mol. The van der Waals surface area contributed by atoms with Crippen molar-refractivity contribution in [3.05, 3.63) is 82.6 Å². The lowest BCUT2D eigenvalue weighted by atomic mass is 10.0. The number of anilines is 1. The molecule has 8 heteroatoms. The summed E-state index contributed by atoms with van der Waals surface area (Å²) in [6.45, 7) is 1.20. The van der Waals surface area contributed by atoms with Crippen LogP contribution in [0.25, 0.3) is 22.0 Å². The predicted molar refractivity (Wildman–Crippen MR) is 131 cm³/mol. The predicted octanol–water partition coefficient (Wildman–Crippen LogP) is 4.22. The number of nitrogens with zero attached hydrogens (tertiary/aromatic N) is 2. The maximum absolute atomic E-state index is 13.5. The number of ether oxygens (including phenoxy) is 3. The van der Waals surface area contributed by atoms with Crippen LogP contribution < -0.4 is 20.3 Å². The fourth-order valence-corrected chi connectivity index (χ4v) is 4.50. The van der Waals surface area contributed by atoms with Gasteiger partial charge in [-0.05, 0) is 60.4 Å². The van der Waals surface area contributed by atoms with Crippen LogP contribution in [0.2, 0.25) is 0 Å². The molecule has 1 atom stereocenters. The van der Waals surface area contributed by atoms with Gasteiger partial charge in [0.05, 0.1) is 23.6 Å². The Morgan fingerprint density at radius 2 is 1.80 bits per heavy atom. The van der Waals surface area contributed by atoms with Crippen molar-refractivity contribution in [2.24, 2.45) is 0 Å². The number of nitrogens with one attached hydrogen (secondary N) is 1. The minimum atomic E-state index is -0.329. The molecule has 6 rings (SSSR count). The molecule has 2 aliphatic heterocycles. The highest BCUT2D eigenvalue weighted by atomic mass is 16.7. The summed E-state index contributed by atoms with van der Waals surface area (Å²) in [5.41, 5.74) is 2.55. The molecule has 4 aromatic rings. The van der Waals surface area contributed by atoms with Gasteiger partial charge in [0.15, 0.2) is 11.5 Å². The van der Waals surface area contributed by atoms with E-state index in [0.717, 1.165) is 24.0 Å². The van der Waals surface area contributed by atoms with Crippen LogP contribution in [0.15, 0.2) is 71.5 Å². The van der Waals surface area contributed by atoms with Crippen molar-refractivity contribution in [1.29, 1.82) is 0 Å². The van der Waals surface area contributed by atoms with E-state index in [1.807, 2.05) is 36.4 Å². The number of hydrogen-bond donors (Lipinski definition) is 1. The molecule has 1 fully saturated rings. The number of fused-ring (bicyclic) bond motifs is 2. The summed E-state index contributed by atoms with van der Waals surface area (Å²) in [5, 5.41) is 3.32. The molecule has 0 bridgehead atoms. The second kappa shape index (κ2) is 8.88. The molecular weight excluding hydrogens is 446 g/mol. The second-order valence-electron chi connectivity index (χ2n) is 8.61. The molecule has 1 N–H and O–H groups in total. The van der Waals surface area contributed by atoms with Crippen LogP contribution in [0.4, 0.5) is 5.95 Å². The third-order valence-corrected chi connectivity index (χ3v) is 6.33. The van der Waals surface area contributed by atoms with Crippen molar-refractivity contribution in [1.82, 2.24) is 9.55 Å². The molecule has 35 heavy (non-hydrogen) atoms. The SMILES string of the molecule is O=C(Nc1nc2cc(-c3ccc4c(c3)OCO4)ccc2c(=O)n1CC1CCCO1)c1ccccc1. The molecule has 176 valence electrons. The van der Waals surface area contributed by atoms with E-state index >= 15 is 0 Å². The first-order chi connectivity index (χ1) is 17.2. The van der Waals surface area contributed by atoms with Crippen LogP contribution in [-0.2, 0) is 11.3 Å². The Hall–Kier alpha value is -4.17. The van der Waals surface area contributed by atoms with Gasteiger partial charge in [0.25, 0.3) is 11.5 Å². The van der Waals surface area contributed by atoms with Crippen molar-refractivity contribution in [2.75, 3.05) is 18.7 Å². The molecule has 2 aliphatic rings. The highest BCUT2D eigenvalue weighted by molar-refractivity contribution is 6.03. The first-order valence-electron chi connectivity index (χ1n) is 11.6. The van der Waals surface area contributed by atoms with Gasteiger partial charge in [-0.3, -0.25) is 19.5 Å². The summed E-state index contributed by atoms with van der Waals surface area (Å²) < 4.78 is 18.2. The zero-order valence-electron chi connectivity index (χ0n) is 18.9. The maximum Gasteiger partial charge on any atom is 0.262 e. The molecule has 1 unspecified atom stereocenters. The topological polar surface area (TPSA) is 91.7 Å². The first-order valence-corrected chi connectivity index (χ1v) is 11.6. The van der Waals surface area contributed by atoms with Crippen molar-refractivity contribution < 1.29 is 19.0 Å². The lowest BCUT2D eigenvalue weighted by Crippen LogP contribution is -2.31. The van der Waals surface area contributed by atoms with Gasteiger partial charge < -0.3 is 14.2 Å². The van der Waals surface area contributed by atoms with E-state index in [4.69, 9.17) is 19.2 Å². The van der Waals surface area contributed by atoms with Gasteiger partial charge in [-0.1, -0.05) is 30.3 Å². The zero-order chi connectivity index (χ0) is 23.8. The summed E-state index contributed by atoms with van der Waals surface area (Å²) >= 11 is 0. The van der Waals surface area contributed by atoms with E-state index in [2.05, 4.69) is 5.32 Å². The summed E-state index contributed by atoms with van der Waals surface area (Å²) in [6, 6.07) is 20.1. The minimum Gasteiger partial charge on any atom is -0.454 e. The Kier molecular flexibility index (Phi) is 5.42. The summed E-state index contributed by atoms with van der Waals surface area (Å²) in [4.78, 5) is 31.2. The van der Waals surface area contributed by atoms with Crippen LogP contribution in [0.5, 0.6) is 11.5 Å². The molecule has 1 saturated heterocycles. The van der Waals surface area contributed by atoms with Crippen molar-refractivity contribution in [3.8, 4) is 22.6 Å². The van der Waals surface area contributed by atoms with Gasteiger partial charge in [0, 0.05) is 12.2 Å². The van der Waals surface area contributed by atoms with E-state index < -0.39 is 0 Å². The maximum atomic E-state index is 13.5. The molecule has 3 aromatic carbocycles. The van der Waals surface area contributed by atoms with Crippen LogP contribution in [-0.4, -0.2) is 35.0 Å². The van der Waals surface area contributed by atoms with Gasteiger partial charge in [-0.15, -0.1) is 0 Å². The Morgan fingerprint density at radius 3 is 2.63 bits per heavy atom. The van der Waals surface area contributed by atoms with Gasteiger partial charge in [0.1, 0.15) is 0 Å². The van der Waals surface area contributed by atoms with Crippen molar-refractivity contribution in [3.63, 3.8) is 0 Å². The van der Waals surface area contributed by atoms with E-state index in [9.17, 15) is 9.59 Å². The lowest BCUT2D eigenvalue weighted by Gasteiger charge is -2.17. The lowest BCUT2D eigenvalue weighted by molar-refractivity contribution is 0.0956. The van der Waals surface area contributed by atoms with Gasteiger partial charge in [0.2, 0.25) is 12.7 Å². The number of aromatic nitrogens is 2. The van der Waals surface area contributed by atoms with Crippen LogP contribution in [0, 0.1) is 0 Å². The Bertz CT molecular complexity index is 1480. The fourth-order valence-electron chi connectivity index (χ4n) is 4.50. The molecule has 0 aliphatic carbocycles. The molecule has 8 nitrogen and oxygen atoms in total. The summed E-state index contributed by atoms with van der Waals surface area (Å²) in [6.07, 6.45) is 1.72. The number of benzene rings is 3. The van der Waals surface area contributed by atoms with Crippen LogP contribution in [0.3, 0.4) is 0 Å². The van der Waals surface area contributed by atoms with E-state index in [-0.39, 0.29) is 30.3 Å². The number of amides is 1. The van der Waals surface area contributed by atoms with Crippen molar-refractivity contribution >= 4 is 22.8 Å². The van der Waals surface area contributed by atoms with Crippen LogP contribution in [0.1, 0.15) is 23.2 Å². The third-order valence-electron chi connectivity index (χ3n) is 6.33. The zero-order valence-corrected chi connectivity index (χ0v) is 18.9. The quantitative estimate of drug-likeness (QED) is 0.471. The number of hydrogen-bond acceptors (Lipinski definition) is 6. The largest absolute Gasteiger partial charge is 0.454 e. The second-order valence-corrected chi connectivity index (χ2v) is 8.61. The number of carbonyl (C=O) groups excluding carboxylic acids is 1. The minimum absolute atomic E-state index is 0.0905. The van der Waals surface area contributed by atoms with Gasteiger partial charge in [-0.25, -0.2) is 4.98 Å². The Balaban J connectivity index is 1.43. The highest BCUT2D eigenvalue weighted by Crippen LogP contribution is 2.36. The number of rotatable bonds is 5. The van der Waals surface area contributed by atoms with E-state index in [0.29, 0.717) is 41.1 Å². The monoisotopic (exact) mass is 469 g/mol.